The van der Waals surface area contributed by atoms with Gasteiger partial charge in [-0.3, -0.25) is 0 Å². The first kappa shape index (κ1) is 16.5. The van der Waals surface area contributed by atoms with E-state index in [1.807, 2.05) is 0 Å². The zero-order valence-electron chi connectivity index (χ0n) is 11.2. The predicted molar refractivity (Wildman–Crippen MR) is 66.6 cm³/mol. The fourth-order valence-electron chi connectivity index (χ4n) is 1.16. The maximum atomic E-state index is 11.0. The van der Waals surface area contributed by atoms with Gasteiger partial charge >= 0.3 is 12.2 Å². The summed E-state index contributed by atoms with van der Waals surface area (Å²) in [4.78, 5) is 22.0. The smallest absolute Gasteiger partial charge is 0.447 e. The molecule has 0 aliphatic carbocycles. The van der Waals surface area contributed by atoms with E-state index in [-0.39, 0.29) is 0 Å². The van der Waals surface area contributed by atoms with Gasteiger partial charge in [-0.1, -0.05) is 49.8 Å². The number of ether oxygens (including phenoxy) is 2. The summed E-state index contributed by atoms with van der Waals surface area (Å²) >= 11 is 0. The minimum absolute atomic E-state index is 0.303. The van der Waals surface area contributed by atoms with E-state index in [1.165, 1.54) is 0 Å². The molecule has 0 spiro atoms. The number of hydrogen-bond donors (Lipinski definition) is 0. The van der Waals surface area contributed by atoms with Crippen molar-refractivity contribution < 1.29 is 19.1 Å². The molecule has 2 amide bonds. The lowest BCUT2D eigenvalue weighted by Crippen LogP contribution is -2.03. The van der Waals surface area contributed by atoms with Gasteiger partial charge in [0.1, 0.15) is 0 Å². The van der Waals surface area contributed by atoms with Gasteiger partial charge in [0.15, 0.2) is 0 Å². The molecular formula is C12H22N2O4. The summed E-state index contributed by atoms with van der Waals surface area (Å²) in [6, 6.07) is 0. The van der Waals surface area contributed by atoms with Gasteiger partial charge in [-0.2, -0.15) is 0 Å². The summed E-state index contributed by atoms with van der Waals surface area (Å²) in [7, 11) is 0. The molecular weight excluding hydrogens is 236 g/mol. The molecule has 0 bridgehead atoms. The molecule has 0 aromatic carbocycles. The molecule has 6 heteroatoms. The summed E-state index contributed by atoms with van der Waals surface area (Å²) in [5.41, 5.74) is 0. The van der Waals surface area contributed by atoms with Crippen molar-refractivity contribution in [2.45, 2.75) is 52.4 Å². The van der Waals surface area contributed by atoms with E-state index in [2.05, 4.69) is 24.1 Å². The Morgan fingerprint density at radius 2 is 1.17 bits per heavy atom. The van der Waals surface area contributed by atoms with Crippen molar-refractivity contribution in [2.24, 2.45) is 10.2 Å². The Kier molecular flexibility index (Phi) is 11.0. The number of amides is 2. The Morgan fingerprint density at radius 3 is 1.50 bits per heavy atom. The molecule has 18 heavy (non-hydrogen) atoms. The van der Waals surface area contributed by atoms with E-state index < -0.39 is 12.2 Å². The van der Waals surface area contributed by atoms with Crippen molar-refractivity contribution in [2.75, 3.05) is 13.2 Å². The first-order valence-corrected chi connectivity index (χ1v) is 6.46. The number of hydrogen-bond acceptors (Lipinski definition) is 4. The molecule has 0 saturated carbocycles. The molecule has 0 aliphatic rings. The van der Waals surface area contributed by atoms with Crippen molar-refractivity contribution in [1.82, 2.24) is 0 Å². The summed E-state index contributed by atoms with van der Waals surface area (Å²) in [6.45, 7) is 4.71. The van der Waals surface area contributed by atoms with Crippen LogP contribution in [0.5, 0.6) is 0 Å². The fraction of sp³-hybridized carbons (Fsp3) is 0.833. The Hall–Kier alpha value is -1.46. The third-order valence-electron chi connectivity index (χ3n) is 2.16. The van der Waals surface area contributed by atoms with Crippen LogP contribution in [0.1, 0.15) is 52.4 Å². The minimum Gasteiger partial charge on any atom is -0.447 e. The van der Waals surface area contributed by atoms with Gasteiger partial charge in [0.25, 0.3) is 0 Å². The van der Waals surface area contributed by atoms with Crippen LogP contribution in [0.15, 0.2) is 10.2 Å². The van der Waals surface area contributed by atoms with Crippen molar-refractivity contribution in [3.05, 3.63) is 0 Å². The number of carbonyl (C=O) groups is 2. The van der Waals surface area contributed by atoms with Gasteiger partial charge < -0.3 is 9.47 Å². The Labute approximate surface area is 108 Å². The highest BCUT2D eigenvalue weighted by Gasteiger charge is 2.03. The predicted octanol–water partition coefficient (Wildman–Crippen LogP) is 4.09. The first-order chi connectivity index (χ1) is 8.70. The molecule has 104 valence electrons. The second-order valence-corrected chi connectivity index (χ2v) is 3.84. The van der Waals surface area contributed by atoms with Crippen LogP contribution in [0.2, 0.25) is 0 Å². The quantitative estimate of drug-likeness (QED) is 0.485. The van der Waals surface area contributed by atoms with Crippen LogP contribution < -0.4 is 0 Å². The van der Waals surface area contributed by atoms with E-state index in [0.717, 1.165) is 38.5 Å². The molecule has 0 saturated heterocycles. The third kappa shape index (κ3) is 11.0. The van der Waals surface area contributed by atoms with E-state index in [0.29, 0.717) is 13.2 Å². The van der Waals surface area contributed by atoms with Gasteiger partial charge in [-0.05, 0) is 12.8 Å². The average molecular weight is 258 g/mol. The van der Waals surface area contributed by atoms with Crippen LogP contribution in [0.4, 0.5) is 9.59 Å². The van der Waals surface area contributed by atoms with Crippen LogP contribution in [-0.4, -0.2) is 25.4 Å². The zero-order chi connectivity index (χ0) is 13.6. The van der Waals surface area contributed by atoms with Crippen LogP contribution in [0.3, 0.4) is 0 Å². The second-order valence-electron chi connectivity index (χ2n) is 3.84. The molecule has 0 aromatic rings. The molecule has 0 unspecified atom stereocenters. The second kappa shape index (κ2) is 12.0. The van der Waals surface area contributed by atoms with Crippen LogP contribution in [-0.2, 0) is 9.47 Å². The SMILES string of the molecule is CCCCCOC(=O)N=NC(=O)OCCCCC. The molecule has 0 aliphatic heterocycles. The topological polar surface area (TPSA) is 77.3 Å². The fourth-order valence-corrected chi connectivity index (χ4v) is 1.16. The van der Waals surface area contributed by atoms with Crippen LogP contribution >= 0.6 is 0 Å². The molecule has 0 heterocycles. The van der Waals surface area contributed by atoms with E-state index in [9.17, 15) is 9.59 Å². The van der Waals surface area contributed by atoms with Gasteiger partial charge in [0.2, 0.25) is 0 Å². The summed E-state index contributed by atoms with van der Waals surface area (Å²) in [5.74, 6) is 0. The highest BCUT2D eigenvalue weighted by Crippen LogP contribution is 1.98. The number of nitrogens with zero attached hydrogens (tertiary/aromatic N) is 2. The van der Waals surface area contributed by atoms with Crippen molar-refractivity contribution >= 4 is 12.2 Å². The lowest BCUT2D eigenvalue weighted by Gasteiger charge is -2.00. The standard InChI is InChI=1S/C12H22N2O4/c1-3-5-7-9-17-11(15)13-14-12(16)18-10-8-6-4-2/h3-10H2,1-2H3. The minimum atomic E-state index is -0.850. The lowest BCUT2D eigenvalue weighted by molar-refractivity contribution is 0.144. The highest BCUT2D eigenvalue weighted by molar-refractivity contribution is 5.73. The maximum absolute atomic E-state index is 11.0. The summed E-state index contributed by atoms with van der Waals surface area (Å²) < 4.78 is 9.46. The molecule has 0 fully saturated rings. The zero-order valence-corrected chi connectivity index (χ0v) is 11.2. The molecule has 0 aromatic heterocycles. The van der Waals surface area contributed by atoms with Crippen LogP contribution in [0, 0.1) is 0 Å². The Balaban J connectivity index is 3.58. The number of azo groups is 1. The molecule has 0 atom stereocenters. The first-order valence-electron chi connectivity index (χ1n) is 6.46. The Morgan fingerprint density at radius 1 is 0.778 bits per heavy atom. The van der Waals surface area contributed by atoms with E-state index in [1.54, 1.807) is 0 Å². The van der Waals surface area contributed by atoms with Gasteiger partial charge in [-0.15, -0.1) is 0 Å². The normalized spacial score (nSPS) is 10.6. The van der Waals surface area contributed by atoms with Crippen molar-refractivity contribution in [3.63, 3.8) is 0 Å². The average Bonchev–Trinajstić information content (AvgIpc) is 2.37. The largest absolute Gasteiger partial charge is 0.452 e. The highest BCUT2D eigenvalue weighted by atomic mass is 16.6. The van der Waals surface area contributed by atoms with E-state index in [4.69, 9.17) is 9.47 Å². The van der Waals surface area contributed by atoms with Crippen LogP contribution in [0.25, 0.3) is 0 Å². The molecule has 0 N–H and O–H groups in total. The Bertz CT molecular complexity index is 241. The van der Waals surface area contributed by atoms with Crippen molar-refractivity contribution in [3.8, 4) is 0 Å². The van der Waals surface area contributed by atoms with Gasteiger partial charge in [0, 0.05) is 0 Å². The van der Waals surface area contributed by atoms with E-state index >= 15 is 0 Å². The number of unbranched alkanes of at least 4 members (excludes halogenated alkanes) is 4. The molecule has 0 radical (unpaired) electrons. The summed E-state index contributed by atoms with van der Waals surface area (Å²) in [6.07, 6.45) is 3.95. The lowest BCUT2D eigenvalue weighted by atomic mass is 10.3. The monoisotopic (exact) mass is 258 g/mol. The number of rotatable bonds is 8. The van der Waals surface area contributed by atoms with Gasteiger partial charge in [0.05, 0.1) is 13.2 Å². The summed E-state index contributed by atoms with van der Waals surface area (Å²) in [5, 5.41) is 6.22. The van der Waals surface area contributed by atoms with Gasteiger partial charge in [-0.25, -0.2) is 9.59 Å². The third-order valence-corrected chi connectivity index (χ3v) is 2.16. The van der Waals surface area contributed by atoms with Crippen molar-refractivity contribution in [1.29, 1.82) is 0 Å². The molecule has 0 rings (SSSR count). The number of carbonyl (C=O) groups excluding carboxylic acids is 2. The molecule has 6 nitrogen and oxygen atoms in total. The maximum Gasteiger partial charge on any atom is 0.452 e.